The molecular weight excluding hydrogens is 344 g/mol. The first-order valence-electron chi connectivity index (χ1n) is 9.00. The number of Topliss-reactive ketones (excluding diaryl/α,β-unsaturated/α-hetero) is 1. The van der Waals surface area contributed by atoms with Crippen LogP contribution in [0.1, 0.15) is 21.5 Å². The Morgan fingerprint density at radius 1 is 1.07 bits per heavy atom. The molecule has 27 heavy (non-hydrogen) atoms. The van der Waals surface area contributed by atoms with Crippen LogP contribution in [0.2, 0.25) is 0 Å². The van der Waals surface area contributed by atoms with E-state index in [1.807, 2.05) is 29.2 Å². The third-order valence-corrected chi connectivity index (χ3v) is 4.48. The standard InChI is InChI=1S/C20H24N4O3/c21-12-19(25)18-5-3-16(4-6-18)14-24(15-17-2-1-7-22-13-17)20(26)23-8-10-27-11-9-23/h1-7,13H,8-12,14-15,21H2. The molecule has 0 saturated carbocycles. The zero-order valence-electron chi connectivity index (χ0n) is 15.2. The van der Waals surface area contributed by atoms with E-state index in [9.17, 15) is 9.59 Å². The van der Waals surface area contributed by atoms with Gasteiger partial charge >= 0.3 is 6.03 Å². The van der Waals surface area contributed by atoms with Gasteiger partial charge in [-0.1, -0.05) is 30.3 Å². The van der Waals surface area contributed by atoms with Gasteiger partial charge in [-0.15, -0.1) is 0 Å². The number of ketones is 1. The number of rotatable bonds is 6. The van der Waals surface area contributed by atoms with Crippen LogP contribution in [0, 0.1) is 0 Å². The second-order valence-corrected chi connectivity index (χ2v) is 6.42. The number of nitrogens with two attached hydrogens (primary N) is 1. The molecule has 1 aliphatic heterocycles. The molecule has 3 rings (SSSR count). The number of hydrogen-bond donors (Lipinski definition) is 1. The fourth-order valence-electron chi connectivity index (χ4n) is 2.99. The molecule has 1 fully saturated rings. The first kappa shape index (κ1) is 19.0. The Morgan fingerprint density at radius 2 is 1.78 bits per heavy atom. The molecular formula is C20H24N4O3. The molecule has 0 bridgehead atoms. The second-order valence-electron chi connectivity index (χ2n) is 6.42. The number of benzene rings is 1. The number of morpholine rings is 1. The minimum atomic E-state index is -0.0989. The van der Waals surface area contributed by atoms with E-state index in [1.54, 1.807) is 29.4 Å². The van der Waals surface area contributed by atoms with E-state index in [0.717, 1.165) is 11.1 Å². The first-order chi connectivity index (χ1) is 13.2. The maximum absolute atomic E-state index is 13.0. The van der Waals surface area contributed by atoms with Gasteiger partial charge < -0.3 is 20.3 Å². The van der Waals surface area contributed by atoms with Gasteiger partial charge in [0, 0.05) is 44.1 Å². The summed E-state index contributed by atoms with van der Waals surface area (Å²) in [6.45, 7) is 3.20. The minimum Gasteiger partial charge on any atom is -0.378 e. The molecule has 0 unspecified atom stereocenters. The maximum atomic E-state index is 13.0. The van der Waals surface area contributed by atoms with Crippen LogP contribution in [0.5, 0.6) is 0 Å². The van der Waals surface area contributed by atoms with Crippen molar-refractivity contribution in [2.75, 3.05) is 32.8 Å². The van der Waals surface area contributed by atoms with E-state index < -0.39 is 0 Å². The van der Waals surface area contributed by atoms with Gasteiger partial charge in [0.15, 0.2) is 5.78 Å². The largest absolute Gasteiger partial charge is 0.378 e. The highest BCUT2D eigenvalue weighted by molar-refractivity contribution is 5.97. The first-order valence-corrected chi connectivity index (χ1v) is 9.00. The number of aromatic nitrogens is 1. The third kappa shape index (κ3) is 5.12. The van der Waals surface area contributed by atoms with Crippen molar-refractivity contribution >= 4 is 11.8 Å². The summed E-state index contributed by atoms with van der Waals surface area (Å²) in [5.41, 5.74) is 7.91. The molecule has 0 atom stereocenters. The Bertz CT molecular complexity index is 759. The monoisotopic (exact) mass is 368 g/mol. The summed E-state index contributed by atoms with van der Waals surface area (Å²) in [7, 11) is 0. The van der Waals surface area contributed by atoms with Crippen LogP contribution in [0.25, 0.3) is 0 Å². The fraction of sp³-hybridized carbons (Fsp3) is 0.350. The molecule has 7 nitrogen and oxygen atoms in total. The number of hydrogen-bond acceptors (Lipinski definition) is 5. The van der Waals surface area contributed by atoms with Crippen molar-refractivity contribution in [1.29, 1.82) is 0 Å². The molecule has 1 aromatic carbocycles. The van der Waals surface area contributed by atoms with Gasteiger partial charge in [0.25, 0.3) is 0 Å². The minimum absolute atomic E-state index is 0.0119. The fourth-order valence-corrected chi connectivity index (χ4v) is 2.99. The topological polar surface area (TPSA) is 88.8 Å². The molecule has 2 aromatic rings. The molecule has 1 aliphatic rings. The summed E-state index contributed by atoms with van der Waals surface area (Å²) >= 11 is 0. The van der Waals surface area contributed by atoms with Crippen molar-refractivity contribution in [1.82, 2.24) is 14.8 Å². The van der Waals surface area contributed by atoms with Crippen LogP contribution in [-0.4, -0.2) is 59.4 Å². The van der Waals surface area contributed by atoms with Gasteiger partial charge in [0.2, 0.25) is 0 Å². The van der Waals surface area contributed by atoms with Gasteiger partial charge in [-0.25, -0.2) is 4.79 Å². The number of ether oxygens (including phenoxy) is 1. The molecule has 142 valence electrons. The van der Waals surface area contributed by atoms with Crippen LogP contribution in [0.4, 0.5) is 4.79 Å². The van der Waals surface area contributed by atoms with Crippen molar-refractivity contribution in [3.63, 3.8) is 0 Å². The summed E-state index contributed by atoms with van der Waals surface area (Å²) in [4.78, 5) is 32.5. The number of urea groups is 1. The zero-order chi connectivity index (χ0) is 19.1. The average Bonchev–Trinajstić information content (AvgIpc) is 2.74. The number of pyridine rings is 1. The Balaban J connectivity index is 1.76. The van der Waals surface area contributed by atoms with Crippen molar-refractivity contribution in [3.05, 3.63) is 65.5 Å². The van der Waals surface area contributed by atoms with E-state index in [-0.39, 0.29) is 18.4 Å². The van der Waals surface area contributed by atoms with Crippen LogP contribution in [-0.2, 0) is 17.8 Å². The van der Waals surface area contributed by atoms with Gasteiger partial charge in [0.05, 0.1) is 19.8 Å². The molecule has 7 heteroatoms. The van der Waals surface area contributed by atoms with Gasteiger partial charge in [-0.3, -0.25) is 9.78 Å². The van der Waals surface area contributed by atoms with Crippen LogP contribution in [0.3, 0.4) is 0 Å². The van der Waals surface area contributed by atoms with Gasteiger partial charge in [-0.05, 0) is 17.2 Å². The van der Waals surface area contributed by atoms with E-state index >= 15 is 0 Å². The Labute approximate surface area is 158 Å². The highest BCUT2D eigenvalue weighted by atomic mass is 16.5. The van der Waals surface area contributed by atoms with Gasteiger partial charge in [-0.2, -0.15) is 0 Å². The molecule has 0 radical (unpaired) electrons. The highest BCUT2D eigenvalue weighted by Crippen LogP contribution is 2.14. The van der Waals surface area contributed by atoms with E-state index in [0.29, 0.717) is 45.0 Å². The number of amides is 2. The summed E-state index contributed by atoms with van der Waals surface area (Å²) in [6.07, 6.45) is 3.48. The normalized spacial score (nSPS) is 14.0. The SMILES string of the molecule is NCC(=O)c1ccc(CN(Cc2cccnc2)C(=O)N2CCOCC2)cc1. The van der Waals surface area contributed by atoms with Crippen molar-refractivity contribution in [2.45, 2.75) is 13.1 Å². The van der Waals surface area contributed by atoms with Crippen LogP contribution in [0.15, 0.2) is 48.8 Å². The Morgan fingerprint density at radius 3 is 2.41 bits per heavy atom. The summed E-state index contributed by atoms with van der Waals surface area (Å²) in [6, 6.07) is 11.0. The predicted molar refractivity (Wildman–Crippen MR) is 101 cm³/mol. The van der Waals surface area contributed by atoms with Gasteiger partial charge in [0.1, 0.15) is 0 Å². The Kier molecular flexibility index (Phi) is 6.51. The Hall–Kier alpha value is -2.77. The lowest BCUT2D eigenvalue weighted by Crippen LogP contribution is -2.47. The van der Waals surface area contributed by atoms with Crippen LogP contribution < -0.4 is 5.73 Å². The van der Waals surface area contributed by atoms with Crippen molar-refractivity contribution < 1.29 is 14.3 Å². The molecule has 2 heterocycles. The highest BCUT2D eigenvalue weighted by Gasteiger charge is 2.23. The molecule has 1 saturated heterocycles. The summed E-state index contributed by atoms with van der Waals surface area (Å²) < 4.78 is 5.35. The third-order valence-electron chi connectivity index (χ3n) is 4.48. The number of carbonyl (C=O) groups is 2. The van der Waals surface area contributed by atoms with Crippen LogP contribution >= 0.6 is 0 Å². The van der Waals surface area contributed by atoms with Crippen molar-refractivity contribution in [2.24, 2.45) is 5.73 Å². The smallest absolute Gasteiger partial charge is 0.320 e. The molecule has 2 N–H and O–H groups in total. The lowest BCUT2D eigenvalue weighted by atomic mass is 10.1. The molecule has 2 amide bonds. The number of carbonyl (C=O) groups excluding carboxylic acids is 2. The molecule has 0 aliphatic carbocycles. The quantitative estimate of drug-likeness (QED) is 0.784. The lowest BCUT2D eigenvalue weighted by Gasteiger charge is -2.33. The lowest BCUT2D eigenvalue weighted by molar-refractivity contribution is 0.0418. The summed E-state index contributed by atoms with van der Waals surface area (Å²) in [5.74, 6) is -0.0989. The number of nitrogens with zero attached hydrogens (tertiary/aromatic N) is 3. The zero-order valence-corrected chi connectivity index (χ0v) is 15.2. The van der Waals surface area contributed by atoms with E-state index in [4.69, 9.17) is 10.5 Å². The average molecular weight is 368 g/mol. The van der Waals surface area contributed by atoms with E-state index in [1.165, 1.54) is 0 Å². The summed E-state index contributed by atoms with van der Waals surface area (Å²) in [5, 5.41) is 0. The maximum Gasteiger partial charge on any atom is 0.320 e. The molecule has 0 spiro atoms. The van der Waals surface area contributed by atoms with E-state index in [2.05, 4.69) is 4.98 Å². The second kappa shape index (κ2) is 9.25. The van der Waals surface area contributed by atoms with Crippen molar-refractivity contribution in [3.8, 4) is 0 Å². The molecule has 1 aromatic heterocycles. The predicted octanol–water partition coefficient (Wildman–Crippen LogP) is 1.68.